The van der Waals surface area contributed by atoms with Gasteiger partial charge in [-0.15, -0.1) is 0 Å². The minimum absolute atomic E-state index is 0.519. The molecule has 0 spiro atoms. The van der Waals surface area contributed by atoms with Crippen molar-refractivity contribution in [3.05, 3.63) is 95.9 Å². The Morgan fingerprint density at radius 1 is 0.875 bits per heavy atom. The zero-order valence-electron chi connectivity index (χ0n) is 17.9. The van der Waals surface area contributed by atoms with E-state index in [4.69, 9.17) is 9.97 Å². The number of aryl methyl sites for hydroxylation is 2. The third kappa shape index (κ3) is 4.00. The van der Waals surface area contributed by atoms with Crippen LogP contribution in [0, 0.1) is 13.8 Å². The van der Waals surface area contributed by atoms with Gasteiger partial charge in [0.1, 0.15) is 5.82 Å². The van der Waals surface area contributed by atoms with Crippen molar-refractivity contribution in [3.8, 4) is 5.69 Å². The Morgan fingerprint density at radius 3 is 2.53 bits per heavy atom. The van der Waals surface area contributed by atoms with Gasteiger partial charge in [-0.25, -0.2) is 4.68 Å². The molecule has 2 aromatic carbocycles. The van der Waals surface area contributed by atoms with Crippen LogP contribution in [0.15, 0.2) is 79.3 Å². The normalized spacial score (nSPS) is 10.9. The predicted molar refractivity (Wildman–Crippen MR) is 127 cm³/mol. The number of hydrogen-bond acceptors (Lipinski definition) is 6. The van der Waals surface area contributed by atoms with Gasteiger partial charge in [0.2, 0.25) is 5.95 Å². The monoisotopic (exact) mass is 421 g/mol. The molecule has 2 N–H and O–H groups in total. The van der Waals surface area contributed by atoms with Gasteiger partial charge in [0.25, 0.3) is 0 Å². The first kappa shape index (κ1) is 19.7. The van der Waals surface area contributed by atoms with Gasteiger partial charge in [-0.05, 0) is 60.9 Å². The average Bonchev–Trinajstić information content (AvgIpc) is 3.26. The van der Waals surface area contributed by atoms with Crippen LogP contribution >= 0.6 is 0 Å². The zero-order chi connectivity index (χ0) is 21.9. The molecule has 0 bridgehead atoms. The van der Waals surface area contributed by atoms with Crippen molar-refractivity contribution in [3.63, 3.8) is 0 Å². The number of aromatic nitrogens is 5. The highest BCUT2D eigenvalue weighted by molar-refractivity contribution is 5.90. The first-order valence-corrected chi connectivity index (χ1v) is 10.5. The van der Waals surface area contributed by atoms with Crippen LogP contribution in [0.1, 0.15) is 16.7 Å². The maximum Gasteiger partial charge on any atom is 0.227 e. The number of pyridine rings is 1. The molecule has 7 nitrogen and oxygen atoms in total. The second kappa shape index (κ2) is 8.47. The molecular formula is C25H23N7. The zero-order valence-corrected chi connectivity index (χ0v) is 17.9. The fraction of sp³-hybridized carbons (Fsp3) is 0.120. The minimum Gasteiger partial charge on any atom is -0.350 e. The van der Waals surface area contributed by atoms with E-state index in [-0.39, 0.29) is 0 Å². The Labute approximate surface area is 186 Å². The molecule has 0 atom stereocenters. The van der Waals surface area contributed by atoms with Gasteiger partial charge in [0, 0.05) is 24.6 Å². The molecule has 0 amide bonds. The number of para-hydroxylation sites is 1. The highest BCUT2D eigenvalue weighted by Gasteiger charge is 2.15. The summed E-state index contributed by atoms with van der Waals surface area (Å²) in [5, 5.41) is 12.2. The van der Waals surface area contributed by atoms with Gasteiger partial charge < -0.3 is 10.6 Å². The van der Waals surface area contributed by atoms with Crippen molar-refractivity contribution in [2.75, 3.05) is 10.6 Å². The van der Waals surface area contributed by atoms with E-state index in [1.54, 1.807) is 12.4 Å². The Morgan fingerprint density at radius 2 is 1.75 bits per heavy atom. The summed E-state index contributed by atoms with van der Waals surface area (Å²) in [5.41, 5.74) is 6.16. The largest absolute Gasteiger partial charge is 0.350 e. The number of nitrogens with one attached hydrogen (secondary N) is 2. The molecule has 0 aliphatic carbocycles. The molecule has 0 unspecified atom stereocenters. The average molecular weight is 422 g/mol. The number of benzene rings is 2. The summed E-state index contributed by atoms with van der Waals surface area (Å²) < 4.78 is 1.83. The predicted octanol–water partition coefficient (Wildman–Crippen LogP) is 5.18. The van der Waals surface area contributed by atoms with E-state index in [2.05, 4.69) is 52.8 Å². The van der Waals surface area contributed by atoms with E-state index >= 15 is 0 Å². The van der Waals surface area contributed by atoms with Crippen LogP contribution < -0.4 is 10.6 Å². The maximum atomic E-state index is 4.78. The van der Waals surface area contributed by atoms with E-state index in [9.17, 15) is 0 Å². The molecular weight excluding hydrogens is 398 g/mol. The van der Waals surface area contributed by atoms with E-state index in [0.29, 0.717) is 18.3 Å². The summed E-state index contributed by atoms with van der Waals surface area (Å²) in [6.45, 7) is 4.78. The molecule has 158 valence electrons. The lowest BCUT2D eigenvalue weighted by molar-refractivity contribution is 0.894. The van der Waals surface area contributed by atoms with Gasteiger partial charge in [0.05, 0.1) is 17.3 Å². The highest BCUT2D eigenvalue weighted by atomic mass is 15.3. The third-order valence-electron chi connectivity index (χ3n) is 5.37. The van der Waals surface area contributed by atoms with Crippen LogP contribution in [0.2, 0.25) is 0 Å². The van der Waals surface area contributed by atoms with E-state index in [1.165, 1.54) is 11.1 Å². The summed E-state index contributed by atoms with van der Waals surface area (Å²) in [7, 11) is 0. The van der Waals surface area contributed by atoms with E-state index in [1.807, 2.05) is 53.3 Å². The summed E-state index contributed by atoms with van der Waals surface area (Å²) >= 11 is 0. The summed E-state index contributed by atoms with van der Waals surface area (Å²) in [5.74, 6) is 1.22. The van der Waals surface area contributed by atoms with Crippen LogP contribution in [-0.4, -0.2) is 24.7 Å². The van der Waals surface area contributed by atoms with Gasteiger partial charge in [-0.3, -0.25) is 4.98 Å². The Balaban J connectivity index is 1.57. The van der Waals surface area contributed by atoms with Gasteiger partial charge in [-0.2, -0.15) is 15.1 Å². The SMILES string of the molecule is Cc1ccc(Nc2nc(NCc3cccnc3)nc3c2cnn3-c2ccccc2)cc1C. The molecule has 3 aromatic heterocycles. The van der Waals surface area contributed by atoms with Crippen molar-refractivity contribution in [2.45, 2.75) is 20.4 Å². The Bertz CT molecular complexity index is 1360. The van der Waals surface area contributed by atoms with Crippen LogP contribution in [-0.2, 0) is 6.54 Å². The Kier molecular flexibility index (Phi) is 5.21. The molecule has 0 radical (unpaired) electrons. The smallest absolute Gasteiger partial charge is 0.227 e. The van der Waals surface area contributed by atoms with Crippen molar-refractivity contribution in [2.24, 2.45) is 0 Å². The third-order valence-corrected chi connectivity index (χ3v) is 5.37. The molecule has 3 heterocycles. The molecule has 0 aliphatic rings. The molecule has 32 heavy (non-hydrogen) atoms. The van der Waals surface area contributed by atoms with Crippen molar-refractivity contribution < 1.29 is 0 Å². The van der Waals surface area contributed by atoms with Crippen LogP contribution in [0.3, 0.4) is 0 Å². The number of nitrogens with zero attached hydrogens (tertiary/aromatic N) is 5. The molecule has 5 rings (SSSR count). The molecule has 0 aliphatic heterocycles. The molecule has 0 saturated heterocycles. The van der Waals surface area contributed by atoms with Gasteiger partial charge >= 0.3 is 0 Å². The number of hydrogen-bond donors (Lipinski definition) is 2. The summed E-state index contributed by atoms with van der Waals surface area (Å²) in [4.78, 5) is 13.7. The van der Waals surface area contributed by atoms with Crippen molar-refractivity contribution in [1.29, 1.82) is 0 Å². The van der Waals surface area contributed by atoms with E-state index in [0.717, 1.165) is 28.0 Å². The number of fused-ring (bicyclic) bond motifs is 1. The second-order valence-electron chi connectivity index (χ2n) is 7.66. The maximum absolute atomic E-state index is 4.78. The van der Waals surface area contributed by atoms with Crippen molar-refractivity contribution >= 4 is 28.5 Å². The lowest BCUT2D eigenvalue weighted by atomic mass is 10.1. The minimum atomic E-state index is 0.519. The first-order chi connectivity index (χ1) is 15.7. The van der Waals surface area contributed by atoms with Gasteiger partial charge in [0.15, 0.2) is 5.65 Å². The van der Waals surface area contributed by atoms with Crippen LogP contribution in [0.4, 0.5) is 17.5 Å². The van der Waals surface area contributed by atoms with Gasteiger partial charge in [-0.1, -0.05) is 30.3 Å². The molecule has 5 aromatic rings. The number of anilines is 3. The second-order valence-corrected chi connectivity index (χ2v) is 7.66. The quantitative estimate of drug-likeness (QED) is 0.393. The Hall–Kier alpha value is -4.26. The molecule has 0 fully saturated rings. The summed E-state index contributed by atoms with van der Waals surface area (Å²) in [6.07, 6.45) is 5.39. The molecule has 0 saturated carbocycles. The first-order valence-electron chi connectivity index (χ1n) is 10.5. The van der Waals surface area contributed by atoms with Crippen LogP contribution in [0.5, 0.6) is 0 Å². The molecule has 7 heteroatoms. The summed E-state index contributed by atoms with van der Waals surface area (Å²) in [6, 6.07) is 20.2. The number of rotatable bonds is 6. The highest BCUT2D eigenvalue weighted by Crippen LogP contribution is 2.27. The lowest BCUT2D eigenvalue weighted by Crippen LogP contribution is -2.07. The van der Waals surface area contributed by atoms with Crippen LogP contribution in [0.25, 0.3) is 16.7 Å². The van der Waals surface area contributed by atoms with Crippen molar-refractivity contribution in [1.82, 2.24) is 24.7 Å². The fourth-order valence-corrected chi connectivity index (χ4v) is 3.48. The lowest BCUT2D eigenvalue weighted by Gasteiger charge is -2.12. The topological polar surface area (TPSA) is 80.6 Å². The van der Waals surface area contributed by atoms with E-state index < -0.39 is 0 Å². The fourth-order valence-electron chi connectivity index (χ4n) is 3.48. The standard InChI is InChI=1S/C25H23N7/c1-17-10-11-20(13-18(17)2)29-23-22-16-28-32(21-8-4-3-5-9-21)24(22)31-25(30-23)27-15-19-7-6-12-26-14-19/h3-14,16H,15H2,1-2H3,(H2,27,29,30,31).